The highest BCUT2D eigenvalue weighted by Gasteiger charge is 2.41. The van der Waals surface area contributed by atoms with Crippen molar-refractivity contribution in [2.24, 2.45) is 0 Å². The van der Waals surface area contributed by atoms with Gasteiger partial charge in [-0.3, -0.25) is 4.79 Å². The van der Waals surface area contributed by atoms with Gasteiger partial charge in [-0.15, -0.1) is 0 Å². The molecule has 1 atom stereocenters. The van der Waals surface area contributed by atoms with Gasteiger partial charge in [0.15, 0.2) is 6.10 Å². The van der Waals surface area contributed by atoms with Crippen molar-refractivity contribution < 1.29 is 17.9 Å². The summed E-state index contributed by atoms with van der Waals surface area (Å²) in [6.07, 6.45) is 0.955. The standard InChI is InChI=1S/C16H22N2O4S/c1-13(22-14-5-3-2-4-6-14)16(19)17-9-11-18(12-10-17)23(20,21)15-7-8-15/h2-6,13,15H,7-12H2,1H3/t13-/m1/s1. The van der Waals surface area contributed by atoms with Gasteiger partial charge in [-0.2, -0.15) is 4.31 Å². The van der Waals surface area contributed by atoms with E-state index in [1.165, 1.54) is 4.31 Å². The molecule has 126 valence electrons. The molecule has 2 aliphatic rings. The molecule has 3 rings (SSSR count). The maximum atomic E-state index is 12.4. The van der Waals surface area contributed by atoms with Crippen molar-refractivity contribution in [2.45, 2.75) is 31.1 Å². The number of nitrogens with zero attached hydrogens (tertiary/aromatic N) is 2. The van der Waals surface area contributed by atoms with E-state index in [2.05, 4.69) is 0 Å². The van der Waals surface area contributed by atoms with E-state index in [9.17, 15) is 13.2 Å². The first-order valence-corrected chi connectivity index (χ1v) is 9.48. The van der Waals surface area contributed by atoms with Gasteiger partial charge in [0, 0.05) is 26.2 Å². The molecule has 6 nitrogen and oxygen atoms in total. The second-order valence-electron chi connectivity index (χ2n) is 6.04. The van der Waals surface area contributed by atoms with E-state index < -0.39 is 16.1 Å². The van der Waals surface area contributed by atoms with Crippen LogP contribution in [0.3, 0.4) is 0 Å². The number of ether oxygens (including phenoxy) is 1. The molecule has 1 aliphatic heterocycles. The van der Waals surface area contributed by atoms with E-state index in [1.54, 1.807) is 11.8 Å². The van der Waals surface area contributed by atoms with Crippen LogP contribution in [0.2, 0.25) is 0 Å². The number of hydrogen-bond donors (Lipinski definition) is 0. The van der Waals surface area contributed by atoms with E-state index in [4.69, 9.17) is 4.74 Å². The Morgan fingerprint density at radius 2 is 1.74 bits per heavy atom. The summed E-state index contributed by atoms with van der Waals surface area (Å²) in [4.78, 5) is 14.1. The van der Waals surface area contributed by atoms with Crippen molar-refractivity contribution in [3.8, 4) is 5.75 Å². The predicted molar refractivity (Wildman–Crippen MR) is 86.6 cm³/mol. The first-order valence-electron chi connectivity index (χ1n) is 7.98. The summed E-state index contributed by atoms with van der Waals surface area (Å²) >= 11 is 0. The van der Waals surface area contributed by atoms with Gasteiger partial charge in [-0.25, -0.2) is 8.42 Å². The number of benzene rings is 1. The van der Waals surface area contributed by atoms with Crippen molar-refractivity contribution in [3.05, 3.63) is 30.3 Å². The second kappa shape index (κ2) is 6.49. The Kier molecular flexibility index (Phi) is 4.59. The summed E-state index contributed by atoms with van der Waals surface area (Å²) in [5, 5.41) is -0.190. The Hall–Kier alpha value is -1.60. The average molecular weight is 338 g/mol. The largest absolute Gasteiger partial charge is 0.481 e. The topological polar surface area (TPSA) is 66.9 Å². The van der Waals surface area contributed by atoms with Gasteiger partial charge in [0.1, 0.15) is 5.75 Å². The number of hydrogen-bond acceptors (Lipinski definition) is 4. The molecule has 1 aromatic rings. The van der Waals surface area contributed by atoms with E-state index in [0.29, 0.717) is 31.9 Å². The third-order valence-electron chi connectivity index (χ3n) is 4.26. The number of carbonyl (C=O) groups is 1. The smallest absolute Gasteiger partial charge is 0.263 e. The van der Waals surface area contributed by atoms with Gasteiger partial charge in [-0.1, -0.05) is 18.2 Å². The van der Waals surface area contributed by atoms with Crippen LogP contribution >= 0.6 is 0 Å². The van der Waals surface area contributed by atoms with Crippen molar-refractivity contribution in [3.63, 3.8) is 0 Å². The Morgan fingerprint density at radius 1 is 1.13 bits per heavy atom. The van der Waals surface area contributed by atoms with Gasteiger partial charge >= 0.3 is 0 Å². The van der Waals surface area contributed by atoms with Gasteiger partial charge in [0.05, 0.1) is 5.25 Å². The molecule has 2 fully saturated rings. The molecule has 0 unspecified atom stereocenters. The number of rotatable bonds is 5. The lowest BCUT2D eigenvalue weighted by atomic mass is 10.3. The van der Waals surface area contributed by atoms with E-state index >= 15 is 0 Å². The Bertz CT molecular complexity index is 650. The molecule has 0 spiro atoms. The third-order valence-corrected chi connectivity index (χ3v) is 6.66. The zero-order valence-electron chi connectivity index (χ0n) is 13.2. The zero-order valence-corrected chi connectivity index (χ0v) is 14.0. The fourth-order valence-electron chi connectivity index (χ4n) is 2.75. The van der Waals surface area contributed by atoms with Crippen molar-refractivity contribution in [2.75, 3.05) is 26.2 Å². The molecular weight excluding hydrogens is 316 g/mol. The van der Waals surface area contributed by atoms with Crippen molar-refractivity contribution in [1.82, 2.24) is 9.21 Å². The fourth-order valence-corrected chi connectivity index (χ4v) is 4.58. The Labute approximate surface area is 137 Å². The lowest BCUT2D eigenvalue weighted by Gasteiger charge is -2.35. The van der Waals surface area contributed by atoms with Gasteiger partial charge in [0.2, 0.25) is 10.0 Å². The lowest BCUT2D eigenvalue weighted by molar-refractivity contribution is -0.139. The molecule has 7 heteroatoms. The summed E-state index contributed by atoms with van der Waals surface area (Å²) in [6.45, 7) is 3.33. The van der Waals surface area contributed by atoms with Gasteiger partial charge in [-0.05, 0) is 31.9 Å². The average Bonchev–Trinajstić information content (AvgIpc) is 3.40. The molecule has 0 bridgehead atoms. The first kappa shape index (κ1) is 16.3. The number of para-hydroxylation sites is 1. The molecule has 23 heavy (non-hydrogen) atoms. The van der Waals surface area contributed by atoms with Gasteiger partial charge in [0.25, 0.3) is 5.91 Å². The highest BCUT2D eigenvalue weighted by molar-refractivity contribution is 7.90. The van der Waals surface area contributed by atoms with Crippen LogP contribution in [0.5, 0.6) is 5.75 Å². The number of carbonyl (C=O) groups excluding carboxylic acids is 1. The van der Waals surface area contributed by atoms with Crippen molar-refractivity contribution in [1.29, 1.82) is 0 Å². The second-order valence-corrected chi connectivity index (χ2v) is 8.25. The molecule has 1 saturated heterocycles. The number of amides is 1. The summed E-state index contributed by atoms with van der Waals surface area (Å²) in [5.41, 5.74) is 0. The van der Waals surface area contributed by atoms with E-state index in [0.717, 1.165) is 12.8 Å². The van der Waals surface area contributed by atoms with Crippen LogP contribution in [-0.4, -0.2) is 61.1 Å². The number of piperazine rings is 1. The Balaban J connectivity index is 1.53. The van der Waals surface area contributed by atoms with Crippen LogP contribution in [0.15, 0.2) is 30.3 Å². The first-order chi connectivity index (χ1) is 11.0. The predicted octanol–water partition coefficient (Wildman–Crippen LogP) is 1.09. The van der Waals surface area contributed by atoms with Crippen LogP contribution in [-0.2, 0) is 14.8 Å². The molecule has 1 aromatic carbocycles. The monoisotopic (exact) mass is 338 g/mol. The number of sulfonamides is 1. The summed E-state index contributed by atoms with van der Waals surface area (Å²) in [5.74, 6) is 0.556. The van der Waals surface area contributed by atoms with E-state index in [1.807, 2.05) is 30.3 Å². The summed E-state index contributed by atoms with van der Waals surface area (Å²) < 4.78 is 31.6. The molecule has 1 aliphatic carbocycles. The minimum absolute atomic E-state index is 0.0997. The molecule has 0 N–H and O–H groups in total. The molecule has 1 saturated carbocycles. The molecule has 0 radical (unpaired) electrons. The Morgan fingerprint density at radius 3 is 2.30 bits per heavy atom. The van der Waals surface area contributed by atoms with E-state index in [-0.39, 0.29) is 11.2 Å². The maximum Gasteiger partial charge on any atom is 0.263 e. The normalized spacial score (nSPS) is 21.0. The highest BCUT2D eigenvalue weighted by atomic mass is 32.2. The quantitative estimate of drug-likeness (QED) is 0.806. The zero-order chi connectivity index (χ0) is 16.4. The van der Waals surface area contributed by atoms with Crippen LogP contribution in [0.25, 0.3) is 0 Å². The van der Waals surface area contributed by atoms with Crippen LogP contribution < -0.4 is 4.74 Å². The summed E-state index contributed by atoms with van der Waals surface area (Å²) in [6, 6.07) is 9.22. The lowest BCUT2D eigenvalue weighted by Crippen LogP contribution is -2.53. The van der Waals surface area contributed by atoms with Gasteiger partial charge < -0.3 is 9.64 Å². The highest BCUT2D eigenvalue weighted by Crippen LogP contribution is 2.31. The van der Waals surface area contributed by atoms with Crippen molar-refractivity contribution >= 4 is 15.9 Å². The molecule has 1 amide bonds. The molecular formula is C16H22N2O4S. The van der Waals surface area contributed by atoms with Crippen LogP contribution in [0, 0.1) is 0 Å². The summed E-state index contributed by atoms with van der Waals surface area (Å²) in [7, 11) is -3.14. The minimum Gasteiger partial charge on any atom is -0.481 e. The third kappa shape index (κ3) is 3.67. The SMILES string of the molecule is C[C@@H](Oc1ccccc1)C(=O)N1CCN(S(=O)(=O)C2CC2)CC1. The maximum absolute atomic E-state index is 12.4. The molecule has 1 heterocycles. The molecule has 0 aromatic heterocycles. The van der Waals surface area contributed by atoms with Crippen LogP contribution in [0.1, 0.15) is 19.8 Å². The van der Waals surface area contributed by atoms with Crippen LogP contribution in [0.4, 0.5) is 0 Å². The minimum atomic E-state index is -3.14. The fraction of sp³-hybridized carbons (Fsp3) is 0.562.